The highest BCUT2D eigenvalue weighted by Gasteiger charge is 2.15. The molecule has 0 spiro atoms. The molecule has 0 aliphatic heterocycles. The van der Waals surface area contributed by atoms with E-state index in [0.717, 1.165) is 28.9 Å². The lowest BCUT2D eigenvalue weighted by molar-refractivity contribution is 0.407. The number of ether oxygens (including phenoxy) is 1. The van der Waals surface area contributed by atoms with Gasteiger partial charge in [-0.15, -0.1) is 34.2 Å². The van der Waals surface area contributed by atoms with Crippen LogP contribution in [0.25, 0.3) is 0 Å². The van der Waals surface area contributed by atoms with E-state index in [1.165, 1.54) is 37.7 Å². The molecular formula is C21H33IN6O. The number of nitrogens with one attached hydrogen (secondary N) is 2. The molecule has 1 aliphatic carbocycles. The van der Waals surface area contributed by atoms with Crippen molar-refractivity contribution in [2.24, 2.45) is 12.0 Å². The molecule has 0 unspecified atom stereocenters. The van der Waals surface area contributed by atoms with Gasteiger partial charge in [-0.1, -0.05) is 31.4 Å². The lowest BCUT2D eigenvalue weighted by Crippen LogP contribution is -2.44. The summed E-state index contributed by atoms with van der Waals surface area (Å²) in [6.45, 7) is 5.16. The molecule has 1 fully saturated rings. The van der Waals surface area contributed by atoms with Gasteiger partial charge in [-0.05, 0) is 38.3 Å². The number of rotatable bonds is 6. The van der Waals surface area contributed by atoms with Gasteiger partial charge in [0.2, 0.25) is 0 Å². The van der Waals surface area contributed by atoms with Crippen LogP contribution in [0.5, 0.6) is 5.75 Å². The number of hydrogen-bond donors (Lipinski definition) is 2. The Morgan fingerprint density at radius 1 is 1.21 bits per heavy atom. The molecule has 160 valence electrons. The first kappa shape index (κ1) is 23.4. The fourth-order valence-corrected chi connectivity index (χ4v) is 3.51. The monoisotopic (exact) mass is 512 g/mol. The average molecular weight is 512 g/mol. The zero-order valence-electron chi connectivity index (χ0n) is 17.9. The summed E-state index contributed by atoms with van der Waals surface area (Å²) in [4.78, 5) is 4.83. The summed E-state index contributed by atoms with van der Waals surface area (Å²) in [6.07, 6.45) is 6.27. The van der Waals surface area contributed by atoms with Crippen LogP contribution in [0, 0.1) is 13.8 Å². The first-order chi connectivity index (χ1) is 13.6. The number of guanidine groups is 1. The number of aliphatic imine (C=N–C) groups is 1. The molecule has 1 aromatic heterocycles. The SMILES string of the molecule is COc1cc(C)ccc1CN=C(NCc1nnc(C)n1C)NC1CCCCC1.I. The predicted molar refractivity (Wildman–Crippen MR) is 127 cm³/mol. The Morgan fingerprint density at radius 2 is 1.97 bits per heavy atom. The molecule has 1 aromatic carbocycles. The van der Waals surface area contributed by atoms with Gasteiger partial charge in [0.05, 0.1) is 20.2 Å². The maximum Gasteiger partial charge on any atom is 0.192 e. The molecule has 1 aliphatic rings. The minimum absolute atomic E-state index is 0. The molecular weight excluding hydrogens is 479 g/mol. The normalized spacial score (nSPS) is 15.0. The second kappa shape index (κ2) is 11.4. The van der Waals surface area contributed by atoms with Gasteiger partial charge >= 0.3 is 0 Å². The van der Waals surface area contributed by atoms with Crippen LogP contribution >= 0.6 is 24.0 Å². The lowest BCUT2D eigenvalue weighted by atomic mass is 9.96. The van der Waals surface area contributed by atoms with E-state index in [1.54, 1.807) is 7.11 Å². The van der Waals surface area contributed by atoms with E-state index in [1.807, 2.05) is 18.5 Å². The van der Waals surface area contributed by atoms with E-state index in [0.29, 0.717) is 19.1 Å². The van der Waals surface area contributed by atoms with Crippen LogP contribution in [0.4, 0.5) is 0 Å². The van der Waals surface area contributed by atoms with Crippen molar-refractivity contribution in [2.75, 3.05) is 7.11 Å². The van der Waals surface area contributed by atoms with Crippen LogP contribution in [0.15, 0.2) is 23.2 Å². The second-order valence-corrected chi connectivity index (χ2v) is 7.54. The smallest absolute Gasteiger partial charge is 0.192 e. The molecule has 2 N–H and O–H groups in total. The molecule has 0 bridgehead atoms. The first-order valence-corrected chi connectivity index (χ1v) is 10.1. The van der Waals surface area contributed by atoms with Gasteiger partial charge in [0.25, 0.3) is 0 Å². The van der Waals surface area contributed by atoms with Crippen LogP contribution < -0.4 is 15.4 Å². The Kier molecular flexibility index (Phi) is 9.19. The van der Waals surface area contributed by atoms with Crippen molar-refractivity contribution in [3.63, 3.8) is 0 Å². The second-order valence-electron chi connectivity index (χ2n) is 7.54. The van der Waals surface area contributed by atoms with E-state index in [-0.39, 0.29) is 24.0 Å². The van der Waals surface area contributed by atoms with Crippen LogP contribution in [-0.4, -0.2) is 33.9 Å². The molecule has 1 heterocycles. The fourth-order valence-electron chi connectivity index (χ4n) is 3.51. The summed E-state index contributed by atoms with van der Waals surface area (Å²) >= 11 is 0. The van der Waals surface area contributed by atoms with Crippen LogP contribution in [-0.2, 0) is 20.1 Å². The zero-order valence-corrected chi connectivity index (χ0v) is 20.2. The van der Waals surface area contributed by atoms with E-state index in [4.69, 9.17) is 9.73 Å². The summed E-state index contributed by atoms with van der Waals surface area (Å²) in [6, 6.07) is 6.70. The highest BCUT2D eigenvalue weighted by molar-refractivity contribution is 14.0. The maximum absolute atomic E-state index is 5.52. The van der Waals surface area contributed by atoms with E-state index in [2.05, 4.69) is 46.0 Å². The van der Waals surface area contributed by atoms with Gasteiger partial charge < -0.3 is 19.9 Å². The number of nitrogens with zero attached hydrogens (tertiary/aromatic N) is 4. The van der Waals surface area contributed by atoms with Crippen molar-refractivity contribution in [3.8, 4) is 5.75 Å². The van der Waals surface area contributed by atoms with Crippen molar-refractivity contribution in [2.45, 2.75) is 65.1 Å². The third-order valence-electron chi connectivity index (χ3n) is 5.39. The standard InChI is InChI=1S/C21H32N6O.HI/c1-15-10-11-17(19(12-15)28-4)13-22-21(24-18-8-6-5-7-9-18)23-14-20-26-25-16(2)27(20)3;/h10-12,18H,5-9,13-14H2,1-4H3,(H2,22,23,24);1H. The van der Waals surface area contributed by atoms with Crippen LogP contribution in [0.1, 0.15) is 54.9 Å². The summed E-state index contributed by atoms with van der Waals surface area (Å²) < 4.78 is 7.52. The van der Waals surface area contributed by atoms with Gasteiger partial charge in [0, 0.05) is 18.7 Å². The topological polar surface area (TPSA) is 76.4 Å². The number of hydrogen-bond acceptors (Lipinski definition) is 4. The van der Waals surface area contributed by atoms with Gasteiger partial charge in [-0.25, -0.2) is 4.99 Å². The molecule has 8 heteroatoms. The molecule has 2 aromatic rings. The largest absolute Gasteiger partial charge is 0.496 e. The summed E-state index contributed by atoms with van der Waals surface area (Å²) in [7, 11) is 3.69. The third kappa shape index (κ3) is 6.58. The minimum atomic E-state index is 0. The Labute approximate surface area is 190 Å². The summed E-state index contributed by atoms with van der Waals surface area (Å²) in [5, 5.41) is 15.4. The van der Waals surface area contributed by atoms with Crippen molar-refractivity contribution in [1.82, 2.24) is 25.4 Å². The first-order valence-electron chi connectivity index (χ1n) is 10.1. The van der Waals surface area contributed by atoms with Crippen molar-refractivity contribution < 1.29 is 4.74 Å². The number of aromatic nitrogens is 3. The number of benzene rings is 1. The van der Waals surface area contributed by atoms with E-state index in [9.17, 15) is 0 Å². The highest BCUT2D eigenvalue weighted by Crippen LogP contribution is 2.21. The number of methoxy groups -OCH3 is 1. The number of aryl methyl sites for hydroxylation is 2. The van der Waals surface area contributed by atoms with Gasteiger partial charge in [0.15, 0.2) is 11.8 Å². The molecule has 29 heavy (non-hydrogen) atoms. The zero-order chi connectivity index (χ0) is 19.9. The average Bonchev–Trinajstić information content (AvgIpc) is 3.03. The Morgan fingerprint density at radius 3 is 2.62 bits per heavy atom. The van der Waals surface area contributed by atoms with Crippen LogP contribution in [0.2, 0.25) is 0 Å². The van der Waals surface area contributed by atoms with E-state index >= 15 is 0 Å². The maximum atomic E-state index is 5.52. The Bertz CT molecular complexity index is 813. The number of halogens is 1. The lowest BCUT2D eigenvalue weighted by Gasteiger charge is -2.25. The van der Waals surface area contributed by atoms with Gasteiger partial charge in [-0.2, -0.15) is 0 Å². The third-order valence-corrected chi connectivity index (χ3v) is 5.39. The fraction of sp³-hybridized carbons (Fsp3) is 0.571. The Hall–Kier alpha value is -1.84. The molecule has 7 nitrogen and oxygen atoms in total. The molecule has 3 rings (SSSR count). The molecule has 0 atom stereocenters. The quantitative estimate of drug-likeness (QED) is 0.351. The van der Waals surface area contributed by atoms with Gasteiger partial charge in [-0.3, -0.25) is 0 Å². The Balaban J connectivity index is 0.00000300. The van der Waals surface area contributed by atoms with Crippen molar-refractivity contribution in [1.29, 1.82) is 0 Å². The molecule has 0 radical (unpaired) electrons. The van der Waals surface area contributed by atoms with E-state index < -0.39 is 0 Å². The molecule has 0 amide bonds. The van der Waals surface area contributed by atoms with Gasteiger partial charge in [0.1, 0.15) is 11.6 Å². The minimum Gasteiger partial charge on any atom is -0.496 e. The molecule has 1 saturated carbocycles. The molecule has 0 saturated heterocycles. The van der Waals surface area contributed by atoms with Crippen molar-refractivity contribution >= 4 is 29.9 Å². The van der Waals surface area contributed by atoms with Crippen molar-refractivity contribution in [3.05, 3.63) is 41.0 Å². The highest BCUT2D eigenvalue weighted by atomic mass is 127. The summed E-state index contributed by atoms with van der Waals surface area (Å²) in [5.74, 6) is 3.49. The van der Waals surface area contributed by atoms with Crippen LogP contribution in [0.3, 0.4) is 0 Å². The summed E-state index contributed by atoms with van der Waals surface area (Å²) in [5.41, 5.74) is 2.26. The predicted octanol–water partition coefficient (Wildman–Crippen LogP) is 3.63.